The van der Waals surface area contributed by atoms with Crippen molar-refractivity contribution in [2.45, 2.75) is 18.9 Å². The Morgan fingerprint density at radius 3 is 3.00 bits per heavy atom. The minimum absolute atomic E-state index is 0.174. The van der Waals surface area contributed by atoms with Gasteiger partial charge in [-0.3, -0.25) is 4.21 Å². The Kier molecular flexibility index (Phi) is 5.01. The molecule has 0 bridgehead atoms. The quantitative estimate of drug-likeness (QED) is 0.796. The van der Waals surface area contributed by atoms with Crippen LogP contribution in [0.3, 0.4) is 0 Å². The maximum atomic E-state index is 11.8. The number of para-hydroxylation sites is 2. The SMILES string of the molecule is Nc1ccccc1OCCS(=O)CC1CCCO1. The van der Waals surface area contributed by atoms with Crippen molar-refractivity contribution in [1.82, 2.24) is 0 Å². The van der Waals surface area contributed by atoms with E-state index in [1.807, 2.05) is 18.2 Å². The lowest BCUT2D eigenvalue weighted by Gasteiger charge is -2.10. The van der Waals surface area contributed by atoms with Gasteiger partial charge in [0.2, 0.25) is 0 Å². The fraction of sp³-hybridized carbons (Fsp3) is 0.538. The second-order valence-corrected chi connectivity index (χ2v) is 5.95. The molecule has 2 rings (SSSR count). The molecule has 2 atom stereocenters. The van der Waals surface area contributed by atoms with Crippen LogP contribution >= 0.6 is 0 Å². The van der Waals surface area contributed by atoms with Crippen molar-refractivity contribution in [3.8, 4) is 5.75 Å². The molecular formula is C13H19NO3S. The molecule has 0 amide bonds. The molecule has 1 aromatic rings. The van der Waals surface area contributed by atoms with Crippen molar-refractivity contribution in [3.63, 3.8) is 0 Å². The topological polar surface area (TPSA) is 61.5 Å². The number of hydrogen-bond donors (Lipinski definition) is 1. The van der Waals surface area contributed by atoms with Gasteiger partial charge in [-0.25, -0.2) is 0 Å². The first-order chi connectivity index (χ1) is 8.75. The van der Waals surface area contributed by atoms with Crippen molar-refractivity contribution in [1.29, 1.82) is 0 Å². The lowest BCUT2D eigenvalue weighted by atomic mass is 10.3. The van der Waals surface area contributed by atoms with Crippen LogP contribution in [0.25, 0.3) is 0 Å². The third kappa shape index (κ3) is 3.99. The molecule has 2 unspecified atom stereocenters. The normalized spacial score (nSPS) is 20.8. The van der Waals surface area contributed by atoms with Crippen LogP contribution in [0.15, 0.2) is 24.3 Å². The molecule has 1 heterocycles. The molecule has 1 fully saturated rings. The molecule has 1 saturated heterocycles. The number of nitrogen functional groups attached to an aromatic ring is 1. The molecule has 4 nitrogen and oxygen atoms in total. The zero-order chi connectivity index (χ0) is 12.8. The zero-order valence-corrected chi connectivity index (χ0v) is 11.2. The van der Waals surface area contributed by atoms with Crippen LogP contribution in [0.1, 0.15) is 12.8 Å². The van der Waals surface area contributed by atoms with Gasteiger partial charge in [0.15, 0.2) is 0 Å². The van der Waals surface area contributed by atoms with E-state index in [1.54, 1.807) is 6.07 Å². The van der Waals surface area contributed by atoms with E-state index in [4.69, 9.17) is 15.2 Å². The summed E-state index contributed by atoms with van der Waals surface area (Å²) in [4.78, 5) is 0. The highest BCUT2D eigenvalue weighted by Crippen LogP contribution is 2.19. The Morgan fingerprint density at radius 2 is 2.28 bits per heavy atom. The van der Waals surface area contributed by atoms with Crippen molar-refractivity contribution in [3.05, 3.63) is 24.3 Å². The molecule has 0 aliphatic carbocycles. The van der Waals surface area contributed by atoms with Crippen LogP contribution in [0.2, 0.25) is 0 Å². The Bertz CT molecular complexity index is 405. The molecular weight excluding hydrogens is 250 g/mol. The minimum Gasteiger partial charge on any atom is -0.490 e. The molecule has 0 saturated carbocycles. The Balaban J connectivity index is 1.68. The number of hydrogen-bond acceptors (Lipinski definition) is 4. The molecule has 100 valence electrons. The summed E-state index contributed by atoms with van der Waals surface area (Å²) < 4.78 is 22.8. The van der Waals surface area contributed by atoms with E-state index in [2.05, 4.69) is 0 Å². The number of ether oxygens (including phenoxy) is 2. The first-order valence-electron chi connectivity index (χ1n) is 6.19. The van der Waals surface area contributed by atoms with E-state index in [1.165, 1.54) is 0 Å². The van der Waals surface area contributed by atoms with E-state index in [0.29, 0.717) is 29.5 Å². The number of nitrogens with two attached hydrogens (primary N) is 1. The summed E-state index contributed by atoms with van der Waals surface area (Å²) >= 11 is 0. The summed E-state index contributed by atoms with van der Waals surface area (Å²) in [6.07, 6.45) is 2.28. The summed E-state index contributed by atoms with van der Waals surface area (Å²) in [5.41, 5.74) is 6.36. The van der Waals surface area contributed by atoms with Crippen molar-refractivity contribution in [2.24, 2.45) is 0 Å². The average molecular weight is 269 g/mol. The highest BCUT2D eigenvalue weighted by Gasteiger charge is 2.18. The van der Waals surface area contributed by atoms with Gasteiger partial charge in [-0.1, -0.05) is 12.1 Å². The first-order valence-corrected chi connectivity index (χ1v) is 7.68. The summed E-state index contributed by atoms with van der Waals surface area (Å²) in [5, 5.41) is 0. The van der Waals surface area contributed by atoms with Crippen LogP contribution in [-0.2, 0) is 15.5 Å². The molecule has 1 aliphatic heterocycles. The molecule has 0 spiro atoms. The monoisotopic (exact) mass is 269 g/mol. The van der Waals surface area contributed by atoms with Gasteiger partial charge in [0.1, 0.15) is 5.75 Å². The predicted octanol–water partition coefficient (Wildman–Crippen LogP) is 1.58. The molecule has 1 aliphatic rings. The van der Waals surface area contributed by atoms with Crippen LogP contribution in [0.5, 0.6) is 5.75 Å². The number of rotatable bonds is 6. The van der Waals surface area contributed by atoms with Crippen LogP contribution in [0.4, 0.5) is 5.69 Å². The van der Waals surface area contributed by atoms with Gasteiger partial charge < -0.3 is 15.2 Å². The fourth-order valence-corrected chi connectivity index (χ4v) is 3.04. The smallest absolute Gasteiger partial charge is 0.142 e. The zero-order valence-electron chi connectivity index (χ0n) is 10.3. The Hall–Kier alpha value is -1.07. The Labute approximate surface area is 110 Å². The van der Waals surface area contributed by atoms with E-state index in [-0.39, 0.29) is 6.10 Å². The standard InChI is InChI=1S/C13H19NO3S/c14-12-5-1-2-6-13(12)17-8-9-18(15)10-11-4-3-7-16-11/h1-2,5-6,11H,3-4,7-10,14H2. The lowest BCUT2D eigenvalue weighted by Crippen LogP contribution is -2.20. The average Bonchev–Trinajstić information content (AvgIpc) is 2.84. The van der Waals surface area contributed by atoms with E-state index in [9.17, 15) is 4.21 Å². The Morgan fingerprint density at radius 1 is 1.44 bits per heavy atom. The predicted molar refractivity (Wildman–Crippen MR) is 73.2 cm³/mol. The van der Waals surface area contributed by atoms with Gasteiger partial charge >= 0.3 is 0 Å². The van der Waals surface area contributed by atoms with Gasteiger partial charge in [-0.2, -0.15) is 0 Å². The maximum absolute atomic E-state index is 11.8. The van der Waals surface area contributed by atoms with E-state index >= 15 is 0 Å². The number of benzene rings is 1. The molecule has 5 heteroatoms. The number of anilines is 1. The molecule has 0 aromatic heterocycles. The molecule has 1 aromatic carbocycles. The first kappa shape index (κ1) is 13.4. The maximum Gasteiger partial charge on any atom is 0.142 e. The molecule has 2 N–H and O–H groups in total. The van der Waals surface area contributed by atoms with Crippen molar-refractivity contribution in [2.75, 3.05) is 30.5 Å². The van der Waals surface area contributed by atoms with Gasteiger partial charge in [0.25, 0.3) is 0 Å². The van der Waals surface area contributed by atoms with E-state index < -0.39 is 10.8 Å². The van der Waals surface area contributed by atoms with E-state index in [0.717, 1.165) is 19.4 Å². The molecule has 0 radical (unpaired) electrons. The minimum atomic E-state index is -0.881. The van der Waals surface area contributed by atoms with Crippen LogP contribution < -0.4 is 10.5 Å². The van der Waals surface area contributed by atoms with Gasteiger partial charge in [0, 0.05) is 23.2 Å². The second-order valence-electron chi connectivity index (χ2n) is 4.33. The summed E-state index contributed by atoms with van der Waals surface area (Å²) in [7, 11) is -0.881. The summed E-state index contributed by atoms with van der Waals surface area (Å²) in [6.45, 7) is 1.23. The van der Waals surface area contributed by atoms with Crippen LogP contribution in [0, 0.1) is 0 Å². The second kappa shape index (κ2) is 6.75. The summed E-state index contributed by atoms with van der Waals surface area (Å²) in [6, 6.07) is 7.34. The highest BCUT2D eigenvalue weighted by atomic mass is 32.2. The van der Waals surface area contributed by atoms with Crippen molar-refractivity contribution >= 4 is 16.5 Å². The third-order valence-corrected chi connectivity index (χ3v) is 4.25. The summed E-state index contributed by atoms with van der Waals surface area (Å²) in [5.74, 6) is 1.80. The fourth-order valence-electron chi connectivity index (χ4n) is 1.92. The van der Waals surface area contributed by atoms with Gasteiger partial charge in [-0.15, -0.1) is 0 Å². The van der Waals surface area contributed by atoms with Crippen LogP contribution in [-0.4, -0.2) is 35.0 Å². The van der Waals surface area contributed by atoms with Crippen molar-refractivity contribution < 1.29 is 13.7 Å². The largest absolute Gasteiger partial charge is 0.490 e. The third-order valence-electron chi connectivity index (χ3n) is 2.88. The highest BCUT2D eigenvalue weighted by molar-refractivity contribution is 7.85. The molecule has 18 heavy (non-hydrogen) atoms. The van der Waals surface area contributed by atoms with Gasteiger partial charge in [0.05, 0.1) is 24.2 Å². The van der Waals surface area contributed by atoms with Gasteiger partial charge in [-0.05, 0) is 25.0 Å². The lowest BCUT2D eigenvalue weighted by molar-refractivity contribution is 0.128.